The molecule has 0 aromatic carbocycles. The molecule has 0 aliphatic heterocycles. The molecule has 13 heavy (non-hydrogen) atoms. The number of furan rings is 1. The Balaban J connectivity index is 3.09. The third-order valence-corrected chi connectivity index (χ3v) is 2.02. The fourth-order valence-electron chi connectivity index (χ4n) is 1.05. The summed E-state index contributed by atoms with van der Waals surface area (Å²) < 4.78 is 42.1. The largest absolute Gasteiger partial charge is 0.467 e. The number of halogens is 3. The van der Waals surface area contributed by atoms with Gasteiger partial charge in [0, 0.05) is 0 Å². The monoisotopic (exact) mass is 193 g/mol. The smallest absolute Gasteiger partial charge is 0.413 e. The Morgan fingerprint density at radius 1 is 1.46 bits per heavy atom. The van der Waals surface area contributed by atoms with Crippen LogP contribution in [0, 0.1) is 0 Å². The first-order valence-corrected chi connectivity index (χ1v) is 3.81. The van der Waals surface area contributed by atoms with Crippen LogP contribution in [0.2, 0.25) is 0 Å². The Morgan fingerprint density at radius 2 is 2.08 bits per heavy atom. The molecular formula is C8H10F3NO. The lowest BCUT2D eigenvalue weighted by atomic mass is 9.94. The van der Waals surface area contributed by atoms with Gasteiger partial charge in [0.2, 0.25) is 0 Å². The zero-order valence-corrected chi connectivity index (χ0v) is 7.06. The molecule has 1 aromatic rings. The molecular weight excluding hydrogens is 183 g/mol. The summed E-state index contributed by atoms with van der Waals surface area (Å²) in [6.07, 6.45) is -3.55. The lowest BCUT2D eigenvalue weighted by Crippen LogP contribution is -2.49. The van der Waals surface area contributed by atoms with Gasteiger partial charge in [0.15, 0.2) is 5.54 Å². The van der Waals surface area contributed by atoms with Crippen LogP contribution in [0.5, 0.6) is 0 Å². The third-order valence-electron chi connectivity index (χ3n) is 2.02. The molecule has 0 aliphatic rings. The maximum atomic E-state index is 12.5. The molecule has 0 saturated carbocycles. The lowest BCUT2D eigenvalue weighted by Gasteiger charge is -2.28. The van der Waals surface area contributed by atoms with Crippen LogP contribution in [-0.4, -0.2) is 6.18 Å². The minimum Gasteiger partial charge on any atom is -0.467 e. The number of alkyl halides is 3. The van der Waals surface area contributed by atoms with Crippen molar-refractivity contribution >= 4 is 0 Å². The van der Waals surface area contributed by atoms with E-state index >= 15 is 0 Å². The molecule has 1 aromatic heterocycles. The summed E-state index contributed by atoms with van der Waals surface area (Å²) in [6, 6.07) is 2.62. The van der Waals surface area contributed by atoms with E-state index in [-0.39, 0.29) is 12.2 Å². The van der Waals surface area contributed by atoms with Crippen LogP contribution >= 0.6 is 0 Å². The second kappa shape index (κ2) is 3.06. The van der Waals surface area contributed by atoms with Gasteiger partial charge in [-0.05, 0) is 18.6 Å². The number of hydrogen-bond donors (Lipinski definition) is 1. The van der Waals surface area contributed by atoms with Crippen LogP contribution in [0.15, 0.2) is 22.8 Å². The second-order valence-corrected chi connectivity index (χ2v) is 2.80. The molecule has 2 nitrogen and oxygen atoms in total. The average molecular weight is 193 g/mol. The van der Waals surface area contributed by atoms with Gasteiger partial charge in [-0.15, -0.1) is 0 Å². The standard InChI is InChI=1S/C8H10F3NO/c1-2-7(12,8(9,10)11)6-4-3-5-13-6/h3-5H,2,12H2,1H3. The first kappa shape index (κ1) is 10.1. The molecule has 1 heterocycles. The van der Waals surface area contributed by atoms with Gasteiger partial charge >= 0.3 is 6.18 Å². The van der Waals surface area contributed by atoms with Crippen LogP contribution < -0.4 is 5.73 Å². The lowest BCUT2D eigenvalue weighted by molar-refractivity contribution is -0.195. The highest BCUT2D eigenvalue weighted by atomic mass is 19.4. The zero-order valence-electron chi connectivity index (χ0n) is 7.06. The van der Waals surface area contributed by atoms with E-state index in [2.05, 4.69) is 4.42 Å². The number of hydrogen-bond acceptors (Lipinski definition) is 2. The zero-order chi connectivity index (χ0) is 10.1. The van der Waals surface area contributed by atoms with Crippen molar-refractivity contribution in [2.45, 2.75) is 25.1 Å². The molecule has 74 valence electrons. The van der Waals surface area contributed by atoms with E-state index in [1.54, 1.807) is 0 Å². The first-order chi connectivity index (χ1) is 5.92. The van der Waals surface area contributed by atoms with Crippen LogP contribution in [0.3, 0.4) is 0 Å². The molecule has 0 spiro atoms. The minimum atomic E-state index is -4.49. The van der Waals surface area contributed by atoms with Crippen molar-refractivity contribution in [2.75, 3.05) is 0 Å². The van der Waals surface area contributed by atoms with Crippen molar-refractivity contribution in [3.63, 3.8) is 0 Å². The average Bonchev–Trinajstić information content (AvgIpc) is 2.52. The fourth-order valence-corrected chi connectivity index (χ4v) is 1.05. The van der Waals surface area contributed by atoms with Gasteiger partial charge in [0.05, 0.1) is 6.26 Å². The van der Waals surface area contributed by atoms with Gasteiger partial charge in [0.1, 0.15) is 5.76 Å². The molecule has 0 amide bonds. The predicted octanol–water partition coefficient (Wildman–Crippen LogP) is 2.41. The molecule has 0 fully saturated rings. The highest BCUT2D eigenvalue weighted by Crippen LogP contribution is 2.39. The summed E-state index contributed by atoms with van der Waals surface area (Å²) >= 11 is 0. The van der Waals surface area contributed by atoms with Gasteiger partial charge in [0.25, 0.3) is 0 Å². The fraction of sp³-hybridized carbons (Fsp3) is 0.500. The van der Waals surface area contributed by atoms with Crippen molar-refractivity contribution < 1.29 is 17.6 Å². The van der Waals surface area contributed by atoms with E-state index in [0.29, 0.717) is 0 Å². The Kier molecular flexibility index (Phi) is 2.38. The molecule has 0 radical (unpaired) electrons. The Labute approximate surface area is 73.5 Å². The molecule has 1 atom stereocenters. The maximum absolute atomic E-state index is 12.5. The summed E-state index contributed by atoms with van der Waals surface area (Å²) in [6.45, 7) is 1.37. The molecule has 0 bridgehead atoms. The topological polar surface area (TPSA) is 39.2 Å². The van der Waals surface area contributed by atoms with Gasteiger partial charge in [-0.1, -0.05) is 6.92 Å². The Bertz CT molecular complexity index is 267. The van der Waals surface area contributed by atoms with E-state index in [1.165, 1.54) is 25.3 Å². The highest BCUT2D eigenvalue weighted by Gasteiger charge is 2.53. The normalized spacial score (nSPS) is 17.0. The number of rotatable bonds is 2. The van der Waals surface area contributed by atoms with Crippen LogP contribution in [0.4, 0.5) is 13.2 Å². The quantitative estimate of drug-likeness (QED) is 0.783. The van der Waals surface area contributed by atoms with Gasteiger partial charge in [-0.2, -0.15) is 13.2 Å². The summed E-state index contributed by atoms with van der Waals surface area (Å²) in [7, 11) is 0. The summed E-state index contributed by atoms with van der Waals surface area (Å²) in [5.41, 5.74) is 2.86. The third kappa shape index (κ3) is 1.56. The van der Waals surface area contributed by atoms with Crippen molar-refractivity contribution in [3.05, 3.63) is 24.2 Å². The van der Waals surface area contributed by atoms with Crippen LogP contribution in [-0.2, 0) is 5.54 Å². The predicted molar refractivity (Wildman–Crippen MR) is 40.9 cm³/mol. The highest BCUT2D eigenvalue weighted by molar-refractivity contribution is 5.14. The maximum Gasteiger partial charge on any atom is 0.413 e. The molecule has 0 aliphatic carbocycles. The molecule has 5 heteroatoms. The first-order valence-electron chi connectivity index (χ1n) is 3.81. The summed E-state index contributed by atoms with van der Waals surface area (Å²) in [5, 5.41) is 0. The SMILES string of the molecule is CCC(N)(c1ccco1)C(F)(F)F. The van der Waals surface area contributed by atoms with Gasteiger partial charge in [-0.3, -0.25) is 0 Å². The van der Waals surface area contributed by atoms with Crippen molar-refractivity contribution in [1.29, 1.82) is 0 Å². The molecule has 1 rings (SSSR count). The van der Waals surface area contributed by atoms with Crippen LogP contribution in [0.1, 0.15) is 19.1 Å². The van der Waals surface area contributed by atoms with E-state index in [4.69, 9.17) is 5.73 Å². The van der Waals surface area contributed by atoms with Gasteiger partial charge in [-0.25, -0.2) is 0 Å². The Morgan fingerprint density at radius 3 is 2.38 bits per heavy atom. The van der Waals surface area contributed by atoms with E-state index in [0.717, 1.165) is 0 Å². The Hall–Kier alpha value is -0.970. The number of nitrogens with two attached hydrogens (primary N) is 1. The van der Waals surface area contributed by atoms with Crippen molar-refractivity contribution in [2.24, 2.45) is 5.73 Å². The molecule has 0 saturated heterocycles. The van der Waals surface area contributed by atoms with Crippen LogP contribution in [0.25, 0.3) is 0 Å². The van der Waals surface area contributed by atoms with Gasteiger partial charge < -0.3 is 10.2 Å². The molecule has 1 unspecified atom stereocenters. The van der Waals surface area contributed by atoms with E-state index < -0.39 is 11.7 Å². The van der Waals surface area contributed by atoms with Crippen molar-refractivity contribution in [1.82, 2.24) is 0 Å². The second-order valence-electron chi connectivity index (χ2n) is 2.80. The van der Waals surface area contributed by atoms with Crippen molar-refractivity contribution in [3.8, 4) is 0 Å². The van der Waals surface area contributed by atoms with E-state index in [1.807, 2.05) is 0 Å². The summed E-state index contributed by atoms with van der Waals surface area (Å²) in [5.74, 6) is -0.248. The summed E-state index contributed by atoms with van der Waals surface area (Å²) in [4.78, 5) is 0. The molecule has 2 N–H and O–H groups in total. The van der Waals surface area contributed by atoms with E-state index in [9.17, 15) is 13.2 Å². The minimum absolute atomic E-state index is 0.246.